The Morgan fingerprint density at radius 1 is 0.875 bits per heavy atom. The first-order chi connectivity index (χ1) is 15.1. The lowest BCUT2D eigenvalue weighted by Gasteiger charge is -2.24. The molecule has 0 saturated carbocycles. The summed E-state index contributed by atoms with van der Waals surface area (Å²) < 4.78 is 0. The van der Waals surface area contributed by atoms with Crippen molar-refractivity contribution in [2.24, 2.45) is 5.73 Å². The Kier molecular flexibility index (Phi) is 11.2. The minimum atomic E-state index is -1.73. The Morgan fingerprint density at radius 3 is 1.91 bits per heavy atom. The Balaban J connectivity index is 3.03. The molecular weight excluding hydrogens is 444 g/mol. The summed E-state index contributed by atoms with van der Waals surface area (Å²) in [6.07, 6.45) is -0.940. The van der Waals surface area contributed by atoms with Crippen molar-refractivity contribution in [3.63, 3.8) is 0 Å². The Labute approximate surface area is 189 Å². The second kappa shape index (κ2) is 13.3. The van der Waals surface area contributed by atoms with Crippen LogP contribution in [-0.4, -0.2) is 81.5 Å². The van der Waals surface area contributed by atoms with Crippen LogP contribution in [0.3, 0.4) is 0 Å². The van der Waals surface area contributed by atoms with Gasteiger partial charge >= 0.3 is 11.9 Å². The van der Waals surface area contributed by atoms with Crippen LogP contribution in [0.25, 0.3) is 0 Å². The highest BCUT2D eigenvalue weighted by Crippen LogP contribution is 2.05. The maximum Gasteiger partial charge on any atom is 0.326 e. The van der Waals surface area contributed by atoms with Crippen LogP contribution in [0.15, 0.2) is 30.3 Å². The number of carbonyl (C=O) groups is 5. The first kappa shape index (κ1) is 26.9. The number of carbonyl (C=O) groups excluding carboxylic acids is 3. The standard InChI is InChI=1S/C19H26N4O8S/c20-11(9-32)16(27)23-14(8-24)18(29)21-12(6-10-4-2-1-3-5-10)17(28)22-13(19(30)31)7-15(25)26/h1-5,11-14,24,32H,6-9,20H2,(H,21,29)(H,22,28)(H,23,27)(H,25,26)(H,30,31). The molecule has 0 radical (unpaired) electrons. The van der Waals surface area contributed by atoms with E-state index in [-0.39, 0.29) is 12.2 Å². The lowest BCUT2D eigenvalue weighted by atomic mass is 10.0. The van der Waals surface area contributed by atoms with Crippen LogP contribution >= 0.6 is 12.6 Å². The van der Waals surface area contributed by atoms with Gasteiger partial charge in [0.05, 0.1) is 19.1 Å². The number of carboxylic acids is 2. The van der Waals surface area contributed by atoms with Gasteiger partial charge < -0.3 is 37.0 Å². The molecule has 4 atom stereocenters. The highest BCUT2D eigenvalue weighted by atomic mass is 32.1. The summed E-state index contributed by atoms with van der Waals surface area (Å²) in [5.41, 5.74) is 6.14. The monoisotopic (exact) mass is 470 g/mol. The molecule has 0 aliphatic rings. The molecule has 0 aromatic heterocycles. The maximum atomic E-state index is 12.7. The minimum absolute atomic E-state index is 0.00913. The fourth-order valence-electron chi connectivity index (χ4n) is 2.53. The van der Waals surface area contributed by atoms with E-state index in [0.29, 0.717) is 5.56 Å². The van der Waals surface area contributed by atoms with Crippen molar-refractivity contribution in [1.82, 2.24) is 16.0 Å². The third-order valence-electron chi connectivity index (χ3n) is 4.26. The number of nitrogens with one attached hydrogen (secondary N) is 3. The highest BCUT2D eigenvalue weighted by Gasteiger charge is 2.31. The van der Waals surface area contributed by atoms with Crippen LogP contribution in [0.4, 0.5) is 0 Å². The average molecular weight is 471 g/mol. The summed E-state index contributed by atoms with van der Waals surface area (Å²) in [6, 6.07) is 2.90. The van der Waals surface area contributed by atoms with E-state index in [1.165, 1.54) is 0 Å². The molecule has 0 heterocycles. The number of benzene rings is 1. The van der Waals surface area contributed by atoms with E-state index >= 15 is 0 Å². The normalized spacial score (nSPS) is 14.3. The molecule has 3 amide bonds. The van der Waals surface area contributed by atoms with Gasteiger partial charge in [0.1, 0.15) is 18.1 Å². The zero-order chi connectivity index (χ0) is 24.3. The maximum absolute atomic E-state index is 12.7. The van der Waals surface area contributed by atoms with Crippen molar-refractivity contribution in [2.75, 3.05) is 12.4 Å². The summed E-state index contributed by atoms with van der Waals surface area (Å²) in [4.78, 5) is 59.4. The number of thiol groups is 1. The number of aliphatic carboxylic acids is 2. The smallest absolute Gasteiger partial charge is 0.326 e. The summed E-state index contributed by atoms with van der Waals surface area (Å²) >= 11 is 3.88. The number of carboxylic acid groups (broad SMARTS) is 2. The second-order valence-corrected chi connectivity index (χ2v) is 7.15. The predicted molar refractivity (Wildman–Crippen MR) is 115 cm³/mol. The number of aliphatic hydroxyl groups excluding tert-OH is 1. The van der Waals surface area contributed by atoms with Gasteiger partial charge in [0.25, 0.3) is 0 Å². The van der Waals surface area contributed by atoms with E-state index in [2.05, 4.69) is 28.6 Å². The van der Waals surface area contributed by atoms with Gasteiger partial charge in [0.15, 0.2) is 0 Å². The second-order valence-electron chi connectivity index (χ2n) is 6.78. The molecule has 0 aliphatic heterocycles. The molecule has 0 bridgehead atoms. The van der Waals surface area contributed by atoms with E-state index in [1.807, 2.05) is 0 Å². The lowest BCUT2D eigenvalue weighted by Crippen LogP contribution is -2.58. The zero-order valence-electron chi connectivity index (χ0n) is 16.9. The SMILES string of the molecule is NC(CS)C(=O)NC(CO)C(=O)NC(Cc1ccccc1)C(=O)NC(CC(=O)O)C(=O)O. The topological polar surface area (TPSA) is 208 Å². The summed E-state index contributed by atoms with van der Waals surface area (Å²) in [7, 11) is 0. The highest BCUT2D eigenvalue weighted by molar-refractivity contribution is 7.80. The van der Waals surface area contributed by atoms with E-state index in [0.717, 1.165) is 0 Å². The van der Waals surface area contributed by atoms with E-state index in [4.69, 9.17) is 15.9 Å². The molecule has 32 heavy (non-hydrogen) atoms. The molecule has 4 unspecified atom stereocenters. The molecule has 1 rings (SSSR count). The average Bonchev–Trinajstić information content (AvgIpc) is 2.75. The quantitative estimate of drug-likeness (QED) is 0.143. The Bertz CT molecular complexity index is 823. The number of hydrogen-bond donors (Lipinski definition) is 8. The molecular formula is C19H26N4O8S. The van der Waals surface area contributed by atoms with Crippen molar-refractivity contribution in [2.45, 2.75) is 37.0 Å². The van der Waals surface area contributed by atoms with E-state index in [1.54, 1.807) is 30.3 Å². The molecule has 13 heteroatoms. The van der Waals surface area contributed by atoms with Crippen LogP contribution in [-0.2, 0) is 30.4 Å². The van der Waals surface area contributed by atoms with Crippen LogP contribution in [0.2, 0.25) is 0 Å². The van der Waals surface area contributed by atoms with Crippen LogP contribution in [0.1, 0.15) is 12.0 Å². The van der Waals surface area contributed by atoms with Gasteiger partial charge in [-0.15, -0.1) is 0 Å². The number of amides is 3. The molecule has 1 aromatic carbocycles. The summed E-state index contributed by atoms with van der Waals surface area (Å²) in [6.45, 7) is -0.798. The van der Waals surface area contributed by atoms with Crippen molar-refractivity contribution in [3.05, 3.63) is 35.9 Å². The van der Waals surface area contributed by atoms with Gasteiger partial charge in [0, 0.05) is 12.2 Å². The number of nitrogens with two attached hydrogens (primary N) is 1. The van der Waals surface area contributed by atoms with Gasteiger partial charge in [-0.1, -0.05) is 30.3 Å². The van der Waals surface area contributed by atoms with Gasteiger partial charge in [-0.2, -0.15) is 12.6 Å². The lowest BCUT2D eigenvalue weighted by molar-refractivity contribution is -0.147. The molecule has 8 N–H and O–H groups in total. The largest absolute Gasteiger partial charge is 0.481 e. The number of aliphatic hydroxyl groups is 1. The molecule has 1 aromatic rings. The third kappa shape index (κ3) is 8.91. The van der Waals surface area contributed by atoms with E-state index < -0.39 is 66.9 Å². The molecule has 12 nitrogen and oxygen atoms in total. The molecule has 0 saturated heterocycles. The fourth-order valence-corrected chi connectivity index (χ4v) is 2.70. The summed E-state index contributed by atoms with van der Waals surface area (Å²) in [5, 5.41) is 34.2. The van der Waals surface area contributed by atoms with E-state index in [9.17, 15) is 29.1 Å². The molecule has 0 spiro atoms. The minimum Gasteiger partial charge on any atom is -0.481 e. The van der Waals surface area contributed by atoms with Crippen molar-refractivity contribution in [1.29, 1.82) is 0 Å². The fraction of sp³-hybridized carbons (Fsp3) is 0.421. The molecule has 0 aliphatic carbocycles. The predicted octanol–water partition coefficient (Wildman–Crippen LogP) is -2.51. The van der Waals surface area contributed by atoms with Crippen LogP contribution < -0.4 is 21.7 Å². The van der Waals surface area contributed by atoms with Gasteiger partial charge in [0.2, 0.25) is 17.7 Å². The summed E-state index contributed by atoms with van der Waals surface area (Å²) in [5.74, 6) is -5.63. The Hall–Kier alpha value is -3.16. The van der Waals surface area contributed by atoms with Crippen molar-refractivity contribution in [3.8, 4) is 0 Å². The number of hydrogen-bond acceptors (Lipinski definition) is 8. The molecule has 0 fully saturated rings. The number of rotatable bonds is 13. The first-order valence-electron chi connectivity index (χ1n) is 9.46. The zero-order valence-corrected chi connectivity index (χ0v) is 17.8. The third-order valence-corrected chi connectivity index (χ3v) is 4.65. The van der Waals surface area contributed by atoms with Gasteiger partial charge in [-0.05, 0) is 5.56 Å². The first-order valence-corrected chi connectivity index (χ1v) is 10.1. The van der Waals surface area contributed by atoms with Crippen molar-refractivity contribution >= 4 is 42.3 Å². The van der Waals surface area contributed by atoms with Gasteiger partial charge in [-0.25, -0.2) is 4.79 Å². The molecule has 176 valence electrons. The van der Waals surface area contributed by atoms with Crippen LogP contribution in [0, 0.1) is 0 Å². The van der Waals surface area contributed by atoms with Gasteiger partial charge in [-0.3, -0.25) is 19.2 Å². The van der Waals surface area contributed by atoms with Crippen LogP contribution in [0.5, 0.6) is 0 Å². The van der Waals surface area contributed by atoms with Crippen molar-refractivity contribution < 1.29 is 39.3 Å². The Morgan fingerprint density at radius 2 is 1.41 bits per heavy atom.